The Kier molecular flexibility index (Phi) is 6.46. The van der Waals surface area contributed by atoms with Crippen LogP contribution in [0.2, 0.25) is 0 Å². The summed E-state index contributed by atoms with van der Waals surface area (Å²) in [4.78, 5) is 38.0. The number of pyridine rings is 1. The Morgan fingerprint density at radius 3 is 2.95 bits per heavy atom. The third-order valence-corrected chi connectivity index (χ3v) is 6.80. The SMILES string of the molecule is O=C(Nc1cnccc1N1CCNCC1)c1ncc(N2Cc3ccc(OCC4CCCO4)cc3C2=O)o1. The molecule has 2 fully saturated rings. The highest BCUT2D eigenvalue weighted by atomic mass is 16.5. The Labute approximate surface area is 213 Å². The van der Waals surface area contributed by atoms with E-state index in [4.69, 9.17) is 13.9 Å². The molecule has 2 N–H and O–H groups in total. The molecule has 0 spiro atoms. The van der Waals surface area contributed by atoms with Gasteiger partial charge in [0.1, 0.15) is 12.4 Å². The Bertz CT molecular complexity index is 1300. The molecule has 1 atom stereocenters. The number of carbonyl (C=O) groups is 2. The van der Waals surface area contributed by atoms with Gasteiger partial charge in [0.05, 0.1) is 36.4 Å². The number of fused-ring (bicyclic) bond motifs is 1. The Balaban J connectivity index is 1.13. The lowest BCUT2D eigenvalue weighted by molar-refractivity contribution is 0.0679. The highest BCUT2D eigenvalue weighted by Crippen LogP contribution is 2.32. The minimum Gasteiger partial charge on any atom is -0.491 e. The maximum absolute atomic E-state index is 13.1. The molecule has 0 bridgehead atoms. The van der Waals surface area contributed by atoms with E-state index in [0.29, 0.717) is 30.2 Å². The maximum Gasteiger partial charge on any atom is 0.311 e. The standard InChI is InChI=1S/C26H28N6O5/c33-24(30-21-13-28-6-5-22(21)31-9-7-27-8-10-31)25-29-14-23(37-25)32-15-17-3-4-18(12-20(17)26(32)34)36-16-19-2-1-11-35-19/h3-6,12-14,19,27H,1-2,7-11,15-16H2,(H,30,33). The zero-order valence-corrected chi connectivity index (χ0v) is 20.3. The van der Waals surface area contributed by atoms with Crippen LogP contribution in [-0.2, 0) is 11.3 Å². The van der Waals surface area contributed by atoms with Gasteiger partial charge < -0.3 is 29.4 Å². The minimum atomic E-state index is -0.510. The number of benzene rings is 1. The quantitative estimate of drug-likeness (QED) is 0.500. The number of amides is 2. The number of nitrogens with zero attached hydrogens (tertiary/aromatic N) is 4. The van der Waals surface area contributed by atoms with Crippen LogP contribution in [0, 0.1) is 0 Å². The second-order valence-electron chi connectivity index (χ2n) is 9.24. The van der Waals surface area contributed by atoms with E-state index in [-0.39, 0.29) is 23.8 Å². The number of nitrogens with one attached hydrogen (secondary N) is 2. The lowest BCUT2D eigenvalue weighted by atomic mass is 10.1. The van der Waals surface area contributed by atoms with E-state index >= 15 is 0 Å². The zero-order chi connectivity index (χ0) is 25.2. The molecule has 37 heavy (non-hydrogen) atoms. The van der Waals surface area contributed by atoms with Crippen molar-refractivity contribution in [3.05, 3.63) is 59.9 Å². The van der Waals surface area contributed by atoms with E-state index in [2.05, 4.69) is 25.5 Å². The van der Waals surface area contributed by atoms with Crippen LogP contribution in [0.4, 0.5) is 17.3 Å². The maximum atomic E-state index is 13.1. The molecule has 1 unspecified atom stereocenters. The largest absolute Gasteiger partial charge is 0.491 e. The summed E-state index contributed by atoms with van der Waals surface area (Å²) in [6.07, 6.45) is 6.83. The van der Waals surface area contributed by atoms with Crippen LogP contribution in [0.25, 0.3) is 0 Å². The molecule has 1 aromatic carbocycles. The fraction of sp³-hybridized carbons (Fsp3) is 0.385. The molecule has 2 aromatic heterocycles. The van der Waals surface area contributed by atoms with Crippen molar-refractivity contribution in [1.82, 2.24) is 15.3 Å². The summed E-state index contributed by atoms with van der Waals surface area (Å²) in [5.41, 5.74) is 2.87. The summed E-state index contributed by atoms with van der Waals surface area (Å²) >= 11 is 0. The predicted octanol–water partition coefficient (Wildman–Crippen LogP) is 2.45. The normalized spacial score (nSPS) is 19.2. The van der Waals surface area contributed by atoms with Gasteiger partial charge >= 0.3 is 5.91 Å². The van der Waals surface area contributed by atoms with Gasteiger partial charge in [0.25, 0.3) is 11.8 Å². The number of aromatic nitrogens is 2. The van der Waals surface area contributed by atoms with E-state index in [1.165, 1.54) is 11.1 Å². The third-order valence-electron chi connectivity index (χ3n) is 6.80. The number of anilines is 3. The highest BCUT2D eigenvalue weighted by molar-refractivity contribution is 6.10. The average molecular weight is 505 g/mol. The summed E-state index contributed by atoms with van der Waals surface area (Å²) in [5, 5.41) is 6.17. The fourth-order valence-corrected chi connectivity index (χ4v) is 4.85. The van der Waals surface area contributed by atoms with Crippen LogP contribution in [0.5, 0.6) is 5.75 Å². The first-order valence-electron chi connectivity index (χ1n) is 12.5. The van der Waals surface area contributed by atoms with Crippen LogP contribution in [0.3, 0.4) is 0 Å². The average Bonchev–Trinajstić information content (AvgIpc) is 3.69. The first-order chi connectivity index (χ1) is 18.2. The van der Waals surface area contributed by atoms with E-state index in [1.807, 2.05) is 18.2 Å². The van der Waals surface area contributed by atoms with Gasteiger partial charge in [-0.1, -0.05) is 6.07 Å². The van der Waals surface area contributed by atoms with Crippen LogP contribution < -0.4 is 25.2 Å². The van der Waals surface area contributed by atoms with Crippen molar-refractivity contribution in [2.24, 2.45) is 0 Å². The van der Waals surface area contributed by atoms with Crippen molar-refractivity contribution in [3.8, 4) is 5.75 Å². The topological polar surface area (TPSA) is 122 Å². The minimum absolute atomic E-state index is 0.0961. The molecule has 11 heteroatoms. The van der Waals surface area contributed by atoms with E-state index < -0.39 is 5.91 Å². The molecular weight excluding hydrogens is 476 g/mol. The Hall–Kier alpha value is -3.96. The van der Waals surface area contributed by atoms with Gasteiger partial charge in [-0.25, -0.2) is 4.98 Å². The first kappa shape index (κ1) is 23.4. The number of rotatable bonds is 7. The molecule has 0 aliphatic carbocycles. The summed E-state index contributed by atoms with van der Waals surface area (Å²) in [6, 6.07) is 7.35. The fourth-order valence-electron chi connectivity index (χ4n) is 4.85. The summed E-state index contributed by atoms with van der Waals surface area (Å²) in [5.74, 6) is -0.0338. The lowest BCUT2D eigenvalue weighted by Crippen LogP contribution is -2.43. The van der Waals surface area contributed by atoms with Gasteiger partial charge in [-0.2, -0.15) is 0 Å². The molecule has 0 radical (unpaired) electrons. The van der Waals surface area contributed by atoms with E-state index in [0.717, 1.165) is 56.9 Å². The summed E-state index contributed by atoms with van der Waals surface area (Å²) in [6.45, 7) is 4.95. The summed E-state index contributed by atoms with van der Waals surface area (Å²) < 4.78 is 17.2. The monoisotopic (exact) mass is 504 g/mol. The molecule has 0 saturated carbocycles. The van der Waals surface area contributed by atoms with Gasteiger partial charge in [-0.15, -0.1) is 0 Å². The molecular formula is C26H28N6O5. The Morgan fingerprint density at radius 2 is 2.11 bits per heavy atom. The predicted molar refractivity (Wildman–Crippen MR) is 135 cm³/mol. The zero-order valence-electron chi connectivity index (χ0n) is 20.3. The lowest BCUT2D eigenvalue weighted by Gasteiger charge is -2.30. The van der Waals surface area contributed by atoms with Crippen molar-refractivity contribution in [1.29, 1.82) is 0 Å². The first-order valence-corrected chi connectivity index (χ1v) is 12.5. The number of hydrogen-bond donors (Lipinski definition) is 2. The van der Waals surface area contributed by atoms with E-state index in [9.17, 15) is 9.59 Å². The molecule has 3 aliphatic rings. The molecule has 3 aliphatic heterocycles. The molecule has 192 valence electrons. The third kappa shape index (κ3) is 4.87. The van der Waals surface area contributed by atoms with Crippen molar-refractivity contribution >= 4 is 29.1 Å². The molecule has 6 rings (SSSR count). The number of carbonyl (C=O) groups excluding carboxylic acids is 2. The van der Waals surface area contributed by atoms with Crippen molar-refractivity contribution in [3.63, 3.8) is 0 Å². The Morgan fingerprint density at radius 1 is 1.22 bits per heavy atom. The molecule has 2 saturated heterocycles. The second-order valence-corrected chi connectivity index (χ2v) is 9.24. The molecule has 5 heterocycles. The van der Waals surface area contributed by atoms with Crippen LogP contribution in [-0.4, -0.2) is 67.3 Å². The smallest absolute Gasteiger partial charge is 0.311 e. The number of ether oxygens (including phenoxy) is 2. The van der Waals surface area contributed by atoms with Crippen molar-refractivity contribution in [2.45, 2.75) is 25.5 Å². The number of hydrogen-bond acceptors (Lipinski definition) is 9. The molecule has 11 nitrogen and oxygen atoms in total. The van der Waals surface area contributed by atoms with E-state index in [1.54, 1.807) is 18.5 Å². The number of piperazine rings is 1. The second kappa shape index (κ2) is 10.2. The van der Waals surface area contributed by atoms with Crippen LogP contribution in [0.15, 0.2) is 47.3 Å². The van der Waals surface area contributed by atoms with Crippen molar-refractivity contribution < 1.29 is 23.5 Å². The van der Waals surface area contributed by atoms with Crippen LogP contribution >= 0.6 is 0 Å². The van der Waals surface area contributed by atoms with Gasteiger partial charge in [0.15, 0.2) is 0 Å². The van der Waals surface area contributed by atoms with Crippen molar-refractivity contribution in [2.75, 3.05) is 54.5 Å². The van der Waals surface area contributed by atoms with Crippen LogP contribution in [0.1, 0.15) is 39.4 Å². The number of oxazole rings is 1. The van der Waals surface area contributed by atoms with Gasteiger partial charge in [0, 0.05) is 44.5 Å². The molecule has 2 amide bonds. The highest BCUT2D eigenvalue weighted by Gasteiger charge is 2.32. The summed E-state index contributed by atoms with van der Waals surface area (Å²) in [7, 11) is 0. The van der Waals surface area contributed by atoms with Gasteiger partial charge in [-0.05, 0) is 36.6 Å². The molecule has 3 aromatic rings. The van der Waals surface area contributed by atoms with Gasteiger partial charge in [0.2, 0.25) is 5.88 Å². The van der Waals surface area contributed by atoms with Gasteiger partial charge in [-0.3, -0.25) is 19.5 Å².